The minimum atomic E-state index is -0.841. The molecule has 5 heteroatoms. The van der Waals surface area contributed by atoms with Gasteiger partial charge in [-0.1, -0.05) is 0 Å². The van der Waals surface area contributed by atoms with Crippen molar-refractivity contribution in [2.24, 2.45) is 0 Å². The van der Waals surface area contributed by atoms with Gasteiger partial charge in [-0.2, -0.15) is 0 Å². The molecule has 0 rings (SSSR count). The second-order valence-corrected chi connectivity index (χ2v) is 1.79. The third-order valence-corrected chi connectivity index (χ3v) is 0.900. The lowest BCUT2D eigenvalue weighted by atomic mass is 10.3. The zero-order valence-corrected chi connectivity index (χ0v) is 6.70. The highest BCUT2D eigenvalue weighted by Gasteiger charge is 2.08. The summed E-state index contributed by atoms with van der Waals surface area (Å²) >= 11 is 0. The normalized spacial score (nSPS) is 10.3. The van der Waals surface area contributed by atoms with Gasteiger partial charge in [0, 0.05) is 6.92 Å². The van der Waals surface area contributed by atoms with Gasteiger partial charge in [-0.25, -0.2) is 4.79 Å². The number of hydrogen-bond acceptors (Lipinski definition) is 5. The molecule has 0 fully saturated rings. The van der Waals surface area contributed by atoms with Crippen LogP contribution in [0, 0.1) is 0 Å². The zero-order valence-electron chi connectivity index (χ0n) is 6.70. The summed E-state index contributed by atoms with van der Waals surface area (Å²) in [4.78, 5) is 31.0. The lowest BCUT2D eigenvalue weighted by Gasteiger charge is -1.96. The second kappa shape index (κ2) is 5.06. The van der Waals surface area contributed by atoms with Crippen molar-refractivity contribution >= 4 is 18.2 Å². The van der Waals surface area contributed by atoms with Crippen molar-refractivity contribution in [1.29, 1.82) is 0 Å². The highest BCUT2D eigenvalue weighted by atomic mass is 16.5. The number of carbonyl (C=O) groups excluding carboxylic acids is 3. The molecule has 0 aromatic rings. The Hall–Kier alpha value is -1.65. The van der Waals surface area contributed by atoms with E-state index in [0.29, 0.717) is 0 Å². The van der Waals surface area contributed by atoms with E-state index in [0.717, 1.165) is 20.3 Å². The van der Waals surface area contributed by atoms with Crippen molar-refractivity contribution in [3.05, 3.63) is 11.8 Å². The van der Waals surface area contributed by atoms with Crippen LogP contribution < -0.4 is 0 Å². The van der Waals surface area contributed by atoms with Crippen LogP contribution in [0.15, 0.2) is 11.8 Å². The van der Waals surface area contributed by atoms with E-state index in [1.54, 1.807) is 0 Å². The van der Waals surface area contributed by atoms with Crippen molar-refractivity contribution in [3.63, 3.8) is 0 Å². The molecule has 0 atom stereocenters. The number of hydrogen-bond donors (Lipinski definition) is 0. The van der Waals surface area contributed by atoms with Gasteiger partial charge in [0.05, 0.1) is 7.11 Å². The Labute approximate surface area is 69.0 Å². The van der Waals surface area contributed by atoms with Crippen LogP contribution in [0.4, 0.5) is 0 Å². The molecule has 0 bridgehead atoms. The molecule has 0 radical (unpaired) electrons. The van der Waals surface area contributed by atoms with E-state index in [-0.39, 0.29) is 11.9 Å². The second-order valence-electron chi connectivity index (χ2n) is 1.79. The molecular weight excluding hydrogens is 164 g/mol. The summed E-state index contributed by atoms with van der Waals surface area (Å²) in [6, 6.07) is 0. The number of esters is 2. The fraction of sp³-hybridized carbons (Fsp3) is 0.286. The molecule has 0 heterocycles. The molecule has 12 heavy (non-hydrogen) atoms. The maximum absolute atomic E-state index is 10.6. The Balaban J connectivity index is 4.33. The van der Waals surface area contributed by atoms with Crippen LogP contribution in [-0.4, -0.2) is 25.3 Å². The van der Waals surface area contributed by atoms with Crippen molar-refractivity contribution in [2.75, 3.05) is 7.11 Å². The summed E-state index contributed by atoms with van der Waals surface area (Å²) in [5, 5.41) is 0. The SMILES string of the molecule is COC(=O)/C(C=O)=C/OC(C)=O. The third kappa shape index (κ3) is 3.50. The van der Waals surface area contributed by atoms with Gasteiger partial charge in [0.2, 0.25) is 0 Å². The first kappa shape index (κ1) is 10.3. The molecule has 0 N–H and O–H groups in total. The Kier molecular flexibility index (Phi) is 4.36. The van der Waals surface area contributed by atoms with Crippen LogP contribution in [0.1, 0.15) is 6.92 Å². The first-order chi connectivity index (χ1) is 5.61. The number of carbonyl (C=O) groups is 3. The first-order valence-electron chi connectivity index (χ1n) is 3.02. The van der Waals surface area contributed by atoms with Crippen LogP contribution in [0.2, 0.25) is 0 Å². The Morgan fingerprint density at radius 3 is 2.25 bits per heavy atom. The van der Waals surface area contributed by atoms with Crippen molar-refractivity contribution in [3.8, 4) is 0 Å². The summed E-state index contributed by atoms with van der Waals surface area (Å²) in [6.07, 6.45) is 0.996. The van der Waals surface area contributed by atoms with Gasteiger partial charge in [0.15, 0.2) is 6.29 Å². The van der Waals surface area contributed by atoms with E-state index in [9.17, 15) is 14.4 Å². The molecule has 5 nitrogen and oxygen atoms in total. The van der Waals surface area contributed by atoms with E-state index in [4.69, 9.17) is 0 Å². The van der Waals surface area contributed by atoms with Gasteiger partial charge in [-0.05, 0) is 0 Å². The standard InChI is InChI=1S/C7H8O5/c1-5(9)12-4-6(3-8)7(10)11-2/h3-4H,1-2H3/b6-4+. The predicted molar refractivity (Wildman–Crippen MR) is 37.9 cm³/mol. The molecule has 0 spiro atoms. The molecule has 0 unspecified atom stereocenters. The first-order valence-corrected chi connectivity index (χ1v) is 3.02. The van der Waals surface area contributed by atoms with E-state index >= 15 is 0 Å². The predicted octanol–water partition coefficient (Wildman–Crippen LogP) is -0.195. The lowest BCUT2D eigenvalue weighted by Crippen LogP contribution is -2.07. The maximum Gasteiger partial charge on any atom is 0.344 e. The van der Waals surface area contributed by atoms with Gasteiger partial charge in [-0.15, -0.1) is 0 Å². The zero-order chi connectivity index (χ0) is 9.56. The van der Waals surface area contributed by atoms with E-state index in [1.807, 2.05) is 0 Å². The van der Waals surface area contributed by atoms with Crippen molar-refractivity contribution in [1.82, 2.24) is 0 Å². The molecule has 0 aromatic heterocycles. The largest absolute Gasteiger partial charge is 0.465 e. The minimum Gasteiger partial charge on any atom is -0.465 e. The number of ether oxygens (including phenoxy) is 2. The van der Waals surface area contributed by atoms with Gasteiger partial charge in [0.25, 0.3) is 0 Å². The molecule has 0 aliphatic heterocycles. The van der Waals surface area contributed by atoms with Crippen molar-refractivity contribution < 1.29 is 23.9 Å². The molecule has 0 saturated carbocycles. The number of aldehydes is 1. The fourth-order valence-electron chi connectivity index (χ4n) is 0.388. The van der Waals surface area contributed by atoms with Crippen LogP contribution >= 0.6 is 0 Å². The fourth-order valence-corrected chi connectivity index (χ4v) is 0.388. The van der Waals surface area contributed by atoms with Crippen LogP contribution in [0.25, 0.3) is 0 Å². The van der Waals surface area contributed by atoms with E-state index in [2.05, 4.69) is 9.47 Å². The quantitative estimate of drug-likeness (QED) is 0.147. The topological polar surface area (TPSA) is 69.7 Å². The molecule has 0 aliphatic carbocycles. The molecular formula is C7H8O5. The van der Waals surface area contributed by atoms with E-state index in [1.165, 1.54) is 0 Å². The Morgan fingerprint density at radius 2 is 1.92 bits per heavy atom. The average molecular weight is 172 g/mol. The third-order valence-electron chi connectivity index (χ3n) is 0.900. The summed E-state index contributed by atoms with van der Waals surface area (Å²) in [5.74, 6) is -1.45. The van der Waals surface area contributed by atoms with Crippen LogP contribution in [0.3, 0.4) is 0 Å². The summed E-state index contributed by atoms with van der Waals surface area (Å²) in [6.45, 7) is 1.15. The summed E-state index contributed by atoms with van der Waals surface area (Å²) < 4.78 is 8.49. The average Bonchev–Trinajstić information content (AvgIpc) is 2.04. The Bertz CT molecular complexity index is 228. The number of methoxy groups -OCH3 is 1. The Morgan fingerprint density at radius 1 is 1.33 bits per heavy atom. The molecule has 0 saturated heterocycles. The van der Waals surface area contributed by atoms with Crippen LogP contribution in [0.5, 0.6) is 0 Å². The molecule has 0 aliphatic rings. The molecule has 66 valence electrons. The van der Waals surface area contributed by atoms with Gasteiger partial charge >= 0.3 is 11.9 Å². The smallest absolute Gasteiger partial charge is 0.344 e. The monoisotopic (exact) mass is 172 g/mol. The van der Waals surface area contributed by atoms with Crippen LogP contribution in [-0.2, 0) is 23.9 Å². The van der Waals surface area contributed by atoms with Gasteiger partial charge < -0.3 is 9.47 Å². The summed E-state index contributed by atoms with van der Waals surface area (Å²) in [5.41, 5.74) is -0.340. The number of rotatable bonds is 3. The van der Waals surface area contributed by atoms with E-state index < -0.39 is 11.9 Å². The minimum absolute atomic E-state index is 0.245. The van der Waals surface area contributed by atoms with Gasteiger partial charge in [0.1, 0.15) is 11.8 Å². The molecule has 0 aromatic carbocycles. The maximum atomic E-state index is 10.6. The van der Waals surface area contributed by atoms with Gasteiger partial charge in [-0.3, -0.25) is 9.59 Å². The van der Waals surface area contributed by atoms with Crippen molar-refractivity contribution in [2.45, 2.75) is 6.92 Å². The molecule has 0 amide bonds. The highest BCUT2D eigenvalue weighted by molar-refractivity contribution is 6.07. The summed E-state index contributed by atoms with van der Waals surface area (Å²) in [7, 11) is 1.12. The lowest BCUT2D eigenvalue weighted by molar-refractivity contribution is -0.137. The highest BCUT2D eigenvalue weighted by Crippen LogP contribution is 1.93.